The third kappa shape index (κ3) is 1.07. The van der Waals surface area contributed by atoms with Crippen LogP contribution >= 0.6 is 15.9 Å². The van der Waals surface area contributed by atoms with Crippen molar-refractivity contribution in [1.82, 2.24) is 9.97 Å². The van der Waals surface area contributed by atoms with E-state index in [2.05, 4.69) is 25.9 Å². The molecule has 1 aliphatic rings. The van der Waals surface area contributed by atoms with Crippen LogP contribution < -0.4 is 5.73 Å². The molecule has 1 heterocycles. The molecule has 1 aromatic rings. The number of hydrogen-bond acceptors (Lipinski definition) is 5. The molecular formula is C8H4BrN3O2. The Morgan fingerprint density at radius 2 is 1.57 bits per heavy atom. The molecule has 6 heteroatoms. The molecule has 1 aromatic heterocycles. The predicted molar refractivity (Wildman–Crippen MR) is 50.8 cm³/mol. The Hall–Kier alpha value is -1.56. The summed E-state index contributed by atoms with van der Waals surface area (Å²) in [6.45, 7) is 0. The van der Waals surface area contributed by atoms with Crippen LogP contribution in [-0.4, -0.2) is 21.5 Å². The SMILES string of the molecule is NC1=C(Br)C(=O)c2nccnc2C1=O. The first-order chi connectivity index (χ1) is 6.63. The number of hydrogen-bond donors (Lipinski definition) is 1. The van der Waals surface area contributed by atoms with Gasteiger partial charge in [0.1, 0.15) is 17.1 Å². The van der Waals surface area contributed by atoms with Crippen LogP contribution in [0.2, 0.25) is 0 Å². The Morgan fingerprint density at radius 1 is 1.07 bits per heavy atom. The van der Waals surface area contributed by atoms with Gasteiger partial charge in [0.15, 0.2) is 0 Å². The van der Waals surface area contributed by atoms with Crippen LogP contribution in [0.15, 0.2) is 22.6 Å². The van der Waals surface area contributed by atoms with E-state index in [9.17, 15) is 9.59 Å². The average Bonchev–Trinajstić information content (AvgIpc) is 2.23. The van der Waals surface area contributed by atoms with E-state index < -0.39 is 11.6 Å². The smallest absolute Gasteiger partial charge is 0.230 e. The second-order valence-electron chi connectivity index (χ2n) is 2.64. The number of allylic oxidation sites excluding steroid dienone is 2. The van der Waals surface area contributed by atoms with E-state index in [4.69, 9.17) is 5.73 Å². The molecule has 0 aromatic carbocycles. The van der Waals surface area contributed by atoms with Crippen molar-refractivity contribution in [3.63, 3.8) is 0 Å². The van der Waals surface area contributed by atoms with Crippen molar-refractivity contribution in [3.8, 4) is 0 Å². The van der Waals surface area contributed by atoms with Crippen molar-refractivity contribution in [2.24, 2.45) is 5.73 Å². The number of halogens is 1. The summed E-state index contributed by atoms with van der Waals surface area (Å²) >= 11 is 2.95. The molecule has 0 amide bonds. The predicted octanol–water partition coefficient (Wildman–Crippen LogP) is 0.421. The van der Waals surface area contributed by atoms with E-state index in [0.717, 1.165) is 0 Å². The van der Waals surface area contributed by atoms with Gasteiger partial charge in [0, 0.05) is 12.4 Å². The summed E-state index contributed by atoms with van der Waals surface area (Å²) < 4.78 is 0.0514. The Kier molecular flexibility index (Phi) is 1.92. The Bertz CT molecular complexity index is 438. The van der Waals surface area contributed by atoms with Gasteiger partial charge < -0.3 is 5.73 Å². The molecule has 0 atom stereocenters. The number of nitrogens with two attached hydrogens (primary N) is 1. The van der Waals surface area contributed by atoms with E-state index in [-0.39, 0.29) is 21.6 Å². The summed E-state index contributed by atoms with van der Waals surface area (Å²) in [5.74, 6) is -0.884. The van der Waals surface area contributed by atoms with Gasteiger partial charge >= 0.3 is 0 Å². The number of carbonyl (C=O) groups excluding carboxylic acids is 2. The minimum atomic E-state index is -0.473. The first kappa shape index (κ1) is 9.01. The minimum Gasteiger partial charge on any atom is -0.394 e. The van der Waals surface area contributed by atoms with E-state index >= 15 is 0 Å². The summed E-state index contributed by atoms with van der Waals surface area (Å²) in [4.78, 5) is 30.6. The summed E-state index contributed by atoms with van der Waals surface area (Å²) in [5, 5.41) is 0. The molecule has 2 rings (SSSR count). The van der Waals surface area contributed by atoms with Crippen LogP contribution in [0.25, 0.3) is 0 Å². The fourth-order valence-corrected chi connectivity index (χ4v) is 1.49. The largest absolute Gasteiger partial charge is 0.394 e. The van der Waals surface area contributed by atoms with Crippen molar-refractivity contribution in [1.29, 1.82) is 0 Å². The summed E-state index contributed by atoms with van der Waals surface area (Å²) in [5.41, 5.74) is 5.35. The van der Waals surface area contributed by atoms with Gasteiger partial charge in [-0.2, -0.15) is 0 Å². The first-order valence-corrected chi connectivity index (χ1v) is 4.48. The third-order valence-corrected chi connectivity index (χ3v) is 2.60. The number of fused-ring (bicyclic) bond motifs is 1. The quantitative estimate of drug-likeness (QED) is 0.725. The minimum absolute atomic E-state index is 0.0122. The van der Waals surface area contributed by atoms with E-state index in [1.54, 1.807) is 0 Å². The zero-order chi connectivity index (χ0) is 10.3. The van der Waals surface area contributed by atoms with Crippen LogP contribution in [-0.2, 0) is 0 Å². The molecule has 14 heavy (non-hydrogen) atoms. The normalized spacial score (nSPS) is 15.8. The van der Waals surface area contributed by atoms with Crippen LogP contribution in [0, 0.1) is 0 Å². The molecule has 1 aliphatic carbocycles. The zero-order valence-corrected chi connectivity index (χ0v) is 8.41. The molecule has 5 nitrogen and oxygen atoms in total. The van der Waals surface area contributed by atoms with Crippen molar-refractivity contribution in [2.45, 2.75) is 0 Å². The standard InChI is InChI=1S/C8H4BrN3O2/c9-3-4(10)8(14)6-5(7(3)13)11-1-2-12-6/h1-2H,10H2. The second kappa shape index (κ2) is 2.98. The van der Waals surface area contributed by atoms with Crippen molar-refractivity contribution < 1.29 is 9.59 Å². The fourth-order valence-electron chi connectivity index (χ4n) is 1.12. The third-order valence-electron chi connectivity index (χ3n) is 1.81. The Labute approximate surface area is 87.2 Å². The van der Waals surface area contributed by atoms with E-state index in [1.807, 2.05) is 0 Å². The second-order valence-corrected chi connectivity index (χ2v) is 3.43. The van der Waals surface area contributed by atoms with Gasteiger partial charge in [-0.05, 0) is 15.9 Å². The van der Waals surface area contributed by atoms with Crippen LogP contribution in [0.1, 0.15) is 21.0 Å². The highest BCUT2D eigenvalue weighted by Gasteiger charge is 2.31. The van der Waals surface area contributed by atoms with Gasteiger partial charge in [-0.3, -0.25) is 9.59 Å². The molecule has 0 spiro atoms. The molecule has 0 saturated heterocycles. The van der Waals surface area contributed by atoms with Gasteiger partial charge in [0.2, 0.25) is 11.6 Å². The molecule has 70 valence electrons. The van der Waals surface area contributed by atoms with Gasteiger partial charge in [-0.1, -0.05) is 0 Å². The highest BCUT2D eigenvalue weighted by Crippen LogP contribution is 2.24. The maximum atomic E-state index is 11.5. The molecular weight excluding hydrogens is 250 g/mol. The van der Waals surface area contributed by atoms with Crippen molar-refractivity contribution in [3.05, 3.63) is 34.0 Å². The number of rotatable bonds is 0. The fraction of sp³-hybridized carbons (Fsp3) is 0. The molecule has 0 unspecified atom stereocenters. The number of ketones is 2. The van der Waals surface area contributed by atoms with Crippen molar-refractivity contribution >= 4 is 27.5 Å². The van der Waals surface area contributed by atoms with Gasteiger partial charge in [-0.15, -0.1) is 0 Å². The lowest BCUT2D eigenvalue weighted by Crippen LogP contribution is -2.26. The zero-order valence-electron chi connectivity index (χ0n) is 6.82. The molecule has 0 radical (unpaired) electrons. The maximum Gasteiger partial charge on any atom is 0.230 e. The molecule has 0 fully saturated rings. The van der Waals surface area contributed by atoms with Crippen molar-refractivity contribution in [2.75, 3.05) is 0 Å². The summed E-state index contributed by atoms with van der Waals surface area (Å²) in [6, 6.07) is 0. The molecule has 0 saturated carbocycles. The maximum absolute atomic E-state index is 11.5. The lowest BCUT2D eigenvalue weighted by atomic mass is 10.0. The van der Waals surface area contributed by atoms with E-state index in [1.165, 1.54) is 12.4 Å². The lowest BCUT2D eigenvalue weighted by molar-refractivity contribution is 0.0973. The summed E-state index contributed by atoms with van der Waals surface area (Å²) in [6.07, 6.45) is 2.70. The Balaban J connectivity index is 2.73. The van der Waals surface area contributed by atoms with Gasteiger partial charge in [-0.25, -0.2) is 9.97 Å². The van der Waals surface area contributed by atoms with Crippen LogP contribution in [0.5, 0.6) is 0 Å². The highest BCUT2D eigenvalue weighted by molar-refractivity contribution is 9.12. The van der Waals surface area contributed by atoms with Crippen LogP contribution in [0.3, 0.4) is 0 Å². The monoisotopic (exact) mass is 253 g/mol. The molecule has 0 aliphatic heterocycles. The molecule has 2 N–H and O–H groups in total. The molecule has 0 bridgehead atoms. The lowest BCUT2D eigenvalue weighted by Gasteiger charge is -2.12. The number of carbonyl (C=O) groups is 2. The number of Topliss-reactive ketones (excluding diaryl/α,β-unsaturated/α-hetero) is 2. The van der Waals surface area contributed by atoms with Gasteiger partial charge in [0.25, 0.3) is 0 Å². The first-order valence-electron chi connectivity index (χ1n) is 3.68. The van der Waals surface area contributed by atoms with E-state index in [0.29, 0.717) is 0 Å². The summed E-state index contributed by atoms with van der Waals surface area (Å²) in [7, 11) is 0. The number of aromatic nitrogens is 2. The topological polar surface area (TPSA) is 85.9 Å². The number of nitrogens with zero attached hydrogens (tertiary/aromatic N) is 2. The van der Waals surface area contributed by atoms with Crippen LogP contribution in [0.4, 0.5) is 0 Å². The average molecular weight is 254 g/mol. The Morgan fingerprint density at radius 3 is 2.14 bits per heavy atom. The van der Waals surface area contributed by atoms with Gasteiger partial charge in [0.05, 0.1) is 4.48 Å². The highest BCUT2D eigenvalue weighted by atomic mass is 79.9.